The van der Waals surface area contributed by atoms with Crippen LogP contribution >= 0.6 is 0 Å². The van der Waals surface area contributed by atoms with Gasteiger partial charge in [0.15, 0.2) is 0 Å². The van der Waals surface area contributed by atoms with Crippen molar-refractivity contribution in [2.24, 2.45) is 0 Å². The van der Waals surface area contributed by atoms with E-state index in [0.29, 0.717) is 0 Å². The van der Waals surface area contributed by atoms with Crippen LogP contribution in [0.25, 0.3) is 77.2 Å². The molecule has 0 N–H and O–H groups in total. The number of hydrogen-bond acceptors (Lipinski definition) is 2. The van der Waals surface area contributed by atoms with Gasteiger partial charge in [-0.25, -0.2) is 0 Å². The smallest absolute Gasteiger partial charge is 0.136 e. The molecule has 10 aromatic rings. The van der Waals surface area contributed by atoms with E-state index in [4.69, 9.17) is 4.42 Å². The zero-order chi connectivity index (χ0) is 38.1. The van der Waals surface area contributed by atoms with E-state index >= 15 is 0 Å². The van der Waals surface area contributed by atoms with Crippen LogP contribution in [0.3, 0.4) is 0 Å². The molecule has 1 aliphatic carbocycles. The molecule has 0 unspecified atom stereocenters. The van der Waals surface area contributed by atoms with Crippen molar-refractivity contribution in [2.75, 3.05) is 4.90 Å². The van der Waals surface area contributed by atoms with Gasteiger partial charge in [-0.05, 0) is 103 Å². The second kappa shape index (κ2) is 13.0. The average Bonchev–Trinajstić information content (AvgIpc) is 3.76. The molecule has 0 fully saturated rings. The van der Waals surface area contributed by atoms with E-state index in [2.05, 4.69) is 213 Å². The van der Waals surface area contributed by atoms with Crippen LogP contribution in [-0.2, 0) is 5.41 Å². The first-order valence-electron chi connectivity index (χ1n) is 19.8. The second-order valence-corrected chi connectivity index (χ2v) is 15.6. The van der Waals surface area contributed by atoms with E-state index in [9.17, 15) is 0 Å². The van der Waals surface area contributed by atoms with Gasteiger partial charge < -0.3 is 9.32 Å². The zero-order valence-electron chi connectivity index (χ0n) is 31.9. The highest BCUT2D eigenvalue weighted by atomic mass is 16.3. The number of hydrogen-bond donors (Lipinski definition) is 0. The first kappa shape index (κ1) is 33.2. The molecule has 0 spiro atoms. The molecule has 0 amide bonds. The molecular weight excluding hydrogens is 691 g/mol. The molecule has 0 bridgehead atoms. The van der Waals surface area contributed by atoms with Crippen molar-refractivity contribution < 1.29 is 4.42 Å². The Morgan fingerprint density at radius 1 is 0.386 bits per heavy atom. The highest BCUT2D eigenvalue weighted by Gasteiger charge is 2.36. The summed E-state index contributed by atoms with van der Waals surface area (Å²) in [4.78, 5) is 2.40. The van der Waals surface area contributed by atoms with Crippen molar-refractivity contribution in [2.45, 2.75) is 19.3 Å². The van der Waals surface area contributed by atoms with Crippen LogP contribution in [-0.4, -0.2) is 0 Å². The lowest BCUT2D eigenvalue weighted by Crippen LogP contribution is -2.14. The first-order valence-corrected chi connectivity index (χ1v) is 19.8. The third-order valence-corrected chi connectivity index (χ3v) is 12.1. The summed E-state index contributed by atoms with van der Waals surface area (Å²) in [6, 6.07) is 72.6. The Labute approximate surface area is 332 Å². The Balaban J connectivity index is 1.08. The van der Waals surface area contributed by atoms with Gasteiger partial charge in [0.2, 0.25) is 0 Å². The van der Waals surface area contributed by atoms with E-state index in [1.54, 1.807) is 0 Å². The number of benzene rings is 9. The van der Waals surface area contributed by atoms with Gasteiger partial charge in [0.25, 0.3) is 0 Å². The van der Waals surface area contributed by atoms with Gasteiger partial charge in [0.1, 0.15) is 11.2 Å². The van der Waals surface area contributed by atoms with E-state index < -0.39 is 0 Å². The molecule has 57 heavy (non-hydrogen) atoms. The van der Waals surface area contributed by atoms with Crippen molar-refractivity contribution in [3.63, 3.8) is 0 Å². The highest BCUT2D eigenvalue weighted by molar-refractivity contribution is 6.14. The number of rotatable bonds is 6. The third-order valence-electron chi connectivity index (χ3n) is 12.1. The van der Waals surface area contributed by atoms with Gasteiger partial charge in [-0.15, -0.1) is 0 Å². The van der Waals surface area contributed by atoms with Crippen LogP contribution in [0.5, 0.6) is 0 Å². The fourth-order valence-electron chi connectivity index (χ4n) is 9.38. The minimum Gasteiger partial charge on any atom is -0.456 e. The normalized spacial score (nSPS) is 12.9. The second-order valence-electron chi connectivity index (χ2n) is 15.6. The average molecular weight is 730 g/mol. The lowest BCUT2D eigenvalue weighted by Gasteiger charge is -2.28. The Hall–Kier alpha value is -7.16. The van der Waals surface area contributed by atoms with E-state index in [1.807, 2.05) is 6.07 Å². The third kappa shape index (κ3) is 5.25. The summed E-state index contributed by atoms with van der Waals surface area (Å²) in [7, 11) is 0. The summed E-state index contributed by atoms with van der Waals surface area (Å²) in [5.74, 6) is 0. The van der Waals surface area contributed by atoms with E-state index in [-0.39, 0.29) is 5.41 Å². The fourth-order valence-corrected chi connectivity index (χ4v) is 9.38. The number of furan rings is 1. The topological polar surface area (TPSA) is 16.4 Å². The Morgan fingerprint density at radius 3 is 1.72 bits per heavy atom. The van der Waals surface area contributed by atoms with Gasteiger partial charge >= 0.3 is 0 Å². The lowest BCUT2D eigenvalue weighted by atomic mass is 9.82. The van der Waals surface area contributed by atoms with Crippen molar-refractivity contribution in [1.82, 2.24) is 0 Å². The van der Waals surface area contributed by atoms with Crippen molar-refractivity contribution in [3.05, 3.63) is 211 Å². The summed E-state index contributed by atoms with van der Waals surface area (Å²) in [6.07, 6.45) is 0. The van der Waals surface area contributed by atoms with Crippen LogP contribution in [0.1, 0.15) is 25.0 Å². The monoisotopic (exact) mass is 729 g/mol. The number of anilines is 3. The summed E-state index contributed by atoms with van der Waals surface area (Å²) in [5, 5.41) is 4.74. The van der Waals surface area contributed by atoms with Gasteiger partial charge in [0.05, 0.1) is 5.69 Å². The molecular formula is C55H39NO. The predicted molar refractivity (Wildman–Crippen MR) is 240 cm³/mol. The van der Waals surface area contributed by atoms with Crippen molar-refractivity contribution >= 4 is 49.8 Å². The maximum Gasteiger partial charge on any atom is 0.136 e. The quantitative estimate of drug-likeness (QED) is 0.169. The maximum absolute atomic E-state index is 6.38. The van der Waals surface area contributed by atoms with Crippen LogP contribution in [0.15, 0.2) is 205 Å². The molecule has 2 nitrogen and oxygen atoms in total. The summed E-state index contributed by atoms with van der Waals surface area (Å²) < 4.78 is 6.38. The summed E-state index contributed by atoms with van der Waals surface area (Å²) in [6.45, 7) is 4.69. The molecule has 0 atom stereocenters. The predicted octanol–water partition coefficient (Wildman–Crippen LogP) is 15.5. The van der Waals surface area contributed by atoms with E-state index in [1.165, 1.54) is 55.3 Å². The van der Waals surface area contributed by atoms with Crippen molar-refractivity contribution in [3.8, 4) is 44.5 Å². The molecule has 2 heteroatoms. The molecule has 0 radical (unpaired) electrons. The molecule has 11 rings (SSSR count). The van der Waals surface area contributed by atoms with Crippen LogP contribution in [0, 0.1) is 0 Å². The molecule has 1 aromatic heterocycles. The molecule has 0 saturated carbocycles. The molecule has 1 aliphatic rings. The van der Waals surface area contributed by atoms with Gasteiger partial charge in [-0.3, -0.25) is 0 Å². The minimum atomic E-state index is -0.0518. The zero-order valence-corrected chi connectivity index (χ0v) is 31.9. The highest BCUT2D eigenvalue weighted by Crippen LogP contribution is 2.52. The van der Waals surface area contributed by atoms with Crippen LogP contribution in [0.4, 0.5) is 17.1 Å². The van der Waals surface area contributed by atoms with Gasteiger partial charge in [-0.1, -0.05) is 172 Å². The molecule has 1 heterocycles. The van der Waals surface area contributed by atoms with Gasteiger partial charge in [0, 0.05) is 33.1 Å². The Morgan fingerprint density at radius 2 is 0.912 bits per heavy atom. The Kier molecular flexibility index (Phi) is 7.55. The van der Waals surface area contributed by atoms with Crippen LogP contribution in [0.2, 0.25) is 0 Å². The fraction of sp³-hybridized carbons (Fsp3) is 0.0545. The largest absolute Gasteiger partial charge is 0.456 e. The summed E-state index contributed by atoms with van der Waals surface area (Å²) in [5.41, 5.74) is 17.6. The molecule has 9 aromatic carbocycles. The molecule has 0 aliphatic heterocycles. The SMILES string of the molecule is CC1(C)c2ccccc2-c2c(-c3ccc(N(c4ccc(-c5cccc6ccccc56)cc4)c4ccccc4-c4cccc5oc6ccccc6c45)cc3)cccc21. The van der Waals surface area contributed by atoms with E-state index in [0.717, 1.165) is 50.1 Å². The summed E-state index contributed by atoms with van der Waals surface area (Å²) >= 11 is 0. The molecule has 0 saturated heterocycles. The lowest BCUT2D eigenvalue weighted by molar-refractivity contribution is 0.660. The standard InChI is InChI=1S/C55H39NO/c1-55(2)48-23-8-5-18-46(48)53-43(21-12-24-49(53)55)38-30-34-40(35-31-38)56(39-32-28-37(29-33-39)42-20-11-15-36-14-3-4-16-41(36)42)50-25-9-6-17-44(50)45-22-13-27-52-54(45)47-19-7-10-26-51(47)57-52/h3-35H,1-2H3. The van der Waals surface area contributed by atoms with Crippen LogP contribution < -0.4 is 4.90 Å². The molecule has 270 valence electrons. The first-order chi connectivity index (χ1) is 28.0. The minimum absolute atomic E-state index is 0.0518. The number of fused-ring (bicyclic) bond motifs is 7. The van der Waals surface area contributed by atoms with Crippen molar-refractivity contribution in [1.29, 1.82) is 0 Å². The number of nitrogens with zero attached hydrogens (tertiary/aromatic N) is 1. The Bertz CT molecular complexity index is 3140. The van der Waals surface area contributed by atoms with Gasteiger partial charge in [-0.2, -0.15) is 0 Å². The maximum atomic E-state index is 6.38. The number of para-hydroxylation sites is 2.